The molecular formula is C12H10ClN3. The second-order valence-corrected chi connectivity index (χ2v) is 4.01. The van der Waals surface area contributed by atoms with Crippen LogP contribution in [0.3, 0.4) is 0 Å². The van der Waals surface area contributed by atoms with Crippen LogP contribution in [-0.4, -0.2) is 9.97 Å². The van der Waals surface area contributed by atoms with Gasteiger partial charge in [-0.3, -0.25) is 0 Å². The number of nitrogens with zero attached hydrogens (tertiary/aromatic N) is 2. The number of H-pyrrole nitrogens is 1. The monoisotopic (exact) mass is 231 g/mol. The number of nitrogens with one attached hydrogen (secondary N) is 1. The molecule has 1 aromatic carbocycles. The lowest BCUT2D eigenvalue weighted by Crippen LogP contribution is -1.96. The van der Waals surface area contributed by atoms with E-state index in [2.05, 4.69) is 16.0 Å². The summed E-state index contributed by atoms with van der Waals surface area (Å²) in [5.74, 6) is 0. The normalized spacial score (nSPS) is 12.0. The number of hydrogen-bond donors (Lipinski definition) is 1. The van der Waals surface area contributed by atoms with Crippen LogP contribution in [0.15, 0.2) is 36.8 Å². The van der Waals surface area contributed by atoms with Crippen LogP contribution in [0.25, 0.3) is 0 Å². The zero-order chi connectivity index (χ0) is 11.4. The van der Waals surface area contributed by atoms with Gasteiger partial charge in [0.05, 0.1) is 29.0 Å². The van der Waals surface area contributed by atoms with Crippen molar-refractivity contribution >= 4 is 11.6 Å². The van der Waals surface area contributed by atoms with Gasteiger partial charge in [-0.2, -0.15) is 5.26 Å². The zero-order valence-corrected chi connectivity index (χ0v) is 9.28. The molecular weight excluding hydrogens is 222 g/mol. The number of halogens is 1. The molecule has 1 N–H and O–H groups in total. The van der Waals surface area contributed by atoms with Gasteiger partial charge >= 0.3 is 0 Å². The smallest absolute Gasteiger partial charge is 0.0991 e. The van der Waals surface area contributed by atoms with Gasteiger partial charge in [0.2, 0.25) is 0 Å². The highest BCUT2D eigenvalue weighted by molar-refractivity contribution is 6.20. The SMILES string of the molecule is N#Cc1ccc(CC(Cl)c2cnc[nH]2)cc1. The predicted molar refractivity (Wildman–Crippen MR) is 62.0 cm³/mol. The molecule has 2 aromatic rings. The van der Waals surface area contributed by atoms with E-state index in [-0.39, 0.29) is 5.38 Å². The first-order valence-electron chi connectivity index (χ1n) is 4.91. The van der Waals surface area contributed by atoms with Crippen molar-refractivity contribution in [3.8, 4) is 6.07 Å². The molecule has 2 rings (SSSR count). The van der Waals surface area contributed by atoms with Gasteiger partial charge in [-0.05, 0) is 24.1 Å². The number of benzene rings is 1. The molecule has 4 heteroatoms. The van der Waals surface area contributed by atoms with Crippen LogP contribution in [0.4, 0.5) is 0 Å². The van der Waals surface area contributed by atoms with E-state index < -0.39 is 0 Å². The van der Waals surface area contributed by atoms with Crippen molar-refractivity contribution in [3.63, 3.8) is 0 Å². The minimum Gasteiger partial charge on any atom is -0.347 e. The van der Waals surface area contributed by atoms with E-state index in [1.807, 2.05) is 12.1 Å². The topological polar surface area (TPSA) is 52.5 Å². The Morgan fingerprint density at radius 3 is 2.69 bits per heavy atom. The maximum atomic E-state index is 8.67. The summed E-state index contributed by atoms with van der Waals surface area (Å²) in [4.78, 5) is 6.91. The molecule has 0 aliphatic carbocycles. The van der Waals surface area contributed by atoms with E-state index >= 15 is 0 Å². The molecule has 1 atom stereocenters. The third kappa shape index (κ3) is 2.41. The first kappa shape index (κ1) is 10.7. The Labute approximate surface area is 98.7 Å². The third-order valence-corrected chi connectivity index (χ3v) is 2.74. The third-order valence-electron chi connectivity index (χ3n) is 2.35. The van der Waals surface area contributed by atoms with Crippen LogP contribution >= 0.6 is 11.6 Å². The van der Waals surface area contributed by atoms with Crippen molar-refractivity contribution < 1.29 is 0 Å². The van der Waals surface area contributed by atoms with Crippen molar-refractivity contribution in [3.05, 3.63) is 53.6 Å². The van der Waals surface area contributed by atoms with Crippen LogP contribution in [-0.2, 0) is 6.42 Å². The first-order valence-corrected chi connectivity index (χ1v) is 5.34. The van der Waals surface area contributed by atoms with Gasteiger partial charge in [0, 0.05) is 6.20 Å². The summed E-state index contributed by atoms with van der Waals surface area (Å²) in [5, 5.41) is 8.56. The van der Waals surface area contributed by atoms with Gasteiger partial charge in [-0.25, -0.2) is 4.98 Å². The van der Waals surface area contributed by atoms with E-state index in [0.717, 1.165) is 17.7 Å². The van der Waals surface area contributed by atoms with Crippen molar-refractivity contribution in [2.24, 2.45) is 0 Å². The quantitative estimate of drug-likeness (QED) is 0.826. The van der Waals surface area contributed by atoms with Crippen molar-refractivity contribution in [2.75, 3.05) is 0 Å². The second kappa shape index (κ2) is 4.82. The maximum absolute atomic E-state index is 8.67. The lowest BCUT2D eigenvalue weighted by Gasteiger charge is -2.06. The average molecular weight is 232 g/mol. The summed E-state index contributed by atoms with van der Waals surface area (Å²) in [7, 11) is 0. The Balaban J connectivity index is 2.07. The highest BCUT2D eigenvalue weighted by Gasteiger charge is 2.09. The summed E-state index contributed by atoms with van der Waals surface area (Å²) >= 11 is 6.22. The molecule has 80 valence electrons. The molecule has 1 aromatic heterocycles. The predicted octanol–water partition coefficient (Wildman–Crippen LogP) is 2.80. The number of hydrogen-bond acceptors (Lipinski definition) is 2. The van der Waals surface area contributed by atoms with E-state index in [1.165, 1.54) is 0 Å². The number of alkyl halides is 1. The number of nitriles is 1. The highest BCUT2D eigenvalue weighted by Crippen LogP contribution is 2.22. The summed E-state index contributed by atoms with van der Waals surface area (Å²) in [5.41, 5.74) is 2.68. The maximum Gasteiger partial charge on any atom is 0.0991 e. The number of rotatable bonds is 3. The molecule has 0 aliphatic heterocycles. The molecule has 0 fully saturated rings. The molecule has 1 heterocycles. The van der Waals surface area contributed by atoms with Gasteiger partial charge in [-0.15, -0.1) is 11.6 Å². The summed E-state index contributed by atoms with van der Waals surface area (Å²) in [6.07, 6.45) is 4.06. The molecule has 1 unspecified atom stereocenters. The Morgan fingerprint density at radius 2 is 2.12 bits per heavy atom. The Hall–Kier alpha value is -1.79. The van der Waals surface area contributed by atoms with Crippen LogP contribution in [0, 0.1) is 11.3 Å². The van der Waals surface area contributed by atoms with E-state index in [4.69, 9.17) is 16.9 Å². The molecule has 0 spiro atoms. The minimum absolute atomic E-state index is 0.115. The summed E-state index contributed by atoms with van der Waals surface area (Å²) in [6, 6.07) is 9.52. The van der Waals surface area contributed by atoms with Crippen molar-refractivity contribution in [1.29, 1.82) is 5.26 Å². The molecule has 0 saturated heterocycles. The second-order valence-electron chi connectivity index (χ2n) is 3.49. The molecule has 0 bridgehead atoms. The fourth-order valence-electron chi connectivity index (χ4n) is 1.47. The van der Waals surface area contributed by atoms with Crippen molar-refractivity contribution in [2.45, 2.75) is 11.8 Å². The standard InChI is InChI=1S/C12H10ClN3/c13-11(12-7-15-8-16-12)5-9-1-3-10(6-14)4-2-9/h1-4,7-8,11H,5H2,(H,15,16). The van der Waals surface area contributed by atoms with Crippen LogP contribution < -0.4 is 0 Å². The fraction of sp³-hybridized carbons (Fsp3) is 0.167. The molecule has 16 heavy (non-hydrogen) atoms. The molecule has 0 aliphatic rings. The van der Waals surface area contributed by atoms with E-state index in [0.29, 0.717) is 5.56 Å². The summed E-state index contributed by atoms with van der Waals surface area (Å²) < 4.78 is 0. The Kier molecular flexibility index (Phi) is 3.23. The van der Waals surface area contributed by atoms with Gasteiger partial charge in [0.1, 0.15) is 0 Å². The largest absolute Gasteiger partial charge is 0.347 e. The lowest BCUT2D eigenvalue weighted by molar-refractivity contribution is 0.887. The van der Waals surface area contributed by atoms with E-state index in [9.17, 15) is 0 Å². The van der Waals surface area contributed by atoms with E-state index in [1.54, 1.807) is 24.7 Å². The van der Waals surface area contributed by atoms with Gasteiger partial charge in [0.25, 0.3) is 0 Å². The van der Waals surface area contributed by atoms with Crippen LogP contribution in [0.5, 0.6) is 0 Å². The average Bonchev–Trinajstić information content (AvgIpc) is 2.83. The first-order chi connectivity index (χ1) is 7.79. The minimum atomic E-state index is -0.115. The Bertz CT molecular complexity index is 482. The zero-order valence-electron chi connectivity index (χ0n) is 8.52. The summed E-state index contributed by atoms with van der Waals surface area (Å²) in [6.45, 7) is 0. The van der Waals surface area contributed by atoms with Crippen LogP contribution in [0.2, 0.25) is 0 Å². The number of aromatic amines is 1. The number of imidazole rings is 1. The van der Waals surface area contributed by atoms with Gasteiger partial charge in [0.15, 0.2) is 0 Å². The number of aromatic nitrogens is 2. The van der Waals surface area contributed by atoms with Crippen LogP contribution in [0.1, 0.15) is 22.2 Å². The van der Waals surface area contributed by atoms with Crippen molar-refractivity contribution in [1.82, 2.24) is 9.97 Å². The fourth-order valence-corrected chi connectivity index (χ4v) is 1.77. The molecule has 3 nitrogen and oxygen atoms in total. The van der Waals surface area contributed by atoms with Gasteiger partial charge < -0.3 is 4.98 Å². The van der Waals surface area contributed by atoms with Gasteiger partial charge in [-0.1, -0.05) is 12.1 Å². The molecule has 0 saturated carbocycles. The molecule has 0 radical (unpaired) electrons. The lowest BCUT2D eigenvalue weighted by atomic mass is 10.1. The molecule has 0 amide bonds. The Morgan fingerprint density at radius 1 is 1.38 bits per heavy atom. The highest BCUT2D eigenvalue weighted by atomic mass is 35.5.